The van der Waals surface area contributed by atoms with Crippen molar-refractivity contribution < 1.29 is 9.59 Å². The van der Waals surface area contributed by atoms with Gasteiger partial charge in [-0.3, -0.25) is 14.5 Å². The molecule has 0 spiro atoms. The van der Waals surface area contributed by atoms with Crippen LogP contribution in [0.5, 0.6) is 0 Å². The maximum absolute atomic E-state index is 12.0. The number of hydrazine groups is 1. The maximum atomic E-state index is 12.0. The molecule has 1 aliphatic rings. The zero-order chi connectivity index (χ0) is 14.8. The summed E-state index contributed by atoms with van der Waals surface area (Å²) in [4.78, 5) is 34.8. The van der Waals surface area contributed by atoms with Gasteiger partial charge in [-0.2, -0.15) is 0 Å². The molecule has 2 aromatic rings. The number of carbonyl (C=O) groups excluding carboxylic acids is 2. The summed E-state index contributed by atoms with van der Waals surface area (Å²) in [5.74, 6) is 6.08. The normalized spacial score (nSPS) is 16.3. The lowest BCUT2D eigenvalue weighted by Gasteiger charge is -2.18. The Morgan fingerprint density at radius 1 is 1.24 bits per heavy atom. The van der Waals surface area contributed by atoms with Crippen molar-refractivity contribution in [1.82, 2.24) is 14.9 Å². The molecular weight excluding hydrogens is 290 g/mol. The van der Waals surface area contributed by atoms with Crippen LogP contribution in [0.25, 0.3) is 10.2 Å². The van der Waals surface area contributed by atoms with E-state index in [1.54, 1.807) is 0 Å². The number of nitrogen functional groups attached to an aromatic ring is 1. The summed E-state index contributed by atoms with van der Waals surface area (Å²) in [5, 5.41) is 2.73. The van der Waals surface area contributed by atoms with Crippen molar-refractivity contribution in [2.24, 2.45) is 5.84 Å². The highest BCUT2D eigenvalue weighted by Gasteiger charge is 2.25. The standard InChI is InChI=1S/C13H15N5O2S/c14-17-12-8-5-6-21-13(8)16-9(15-12)7-18-10(19)3-1-2-4-11(18)20/h5-6H,1-4,7,14H2,(H,15,16,17). The number of aromatic nitrogens is 2. The zero-order valence-corrected chi connectivity index (χ0v) is 12.2. The van der Waals surface area contributed by atoms with E-state index >= 15 is 0 Å². The molecule has 1 saturated heterocycles. The molecular formula is C13H15N5O2S. The van der Waals surface area contributed by atoms with Gasteiger partial charge in [0.25, 0.3) is 0 Å². The van der Waals surface area contributed by atoms with Crippen molar-refractivity contribution in [3.05, 3.63) is 17.3 Å². The van der Waals surface area contributed by atoms with Crippen molar-refractivity contribution in [1.29, 1.82) is 0 Å². The number of rotatable bonds is 3. The number of fused-ring (bicyclic) bond motifs is 1. The van der Waals surface area contributed by atoms with E-state index in [0.717, 1.165) is 23.1 Å². The topological polar surface area (TPSA) is 101 Å². The zero-order valence-electron chi connectivity index (χ0n) is 11.3. The first-order valence-corrected chi connectivity index (χ1v) is 7.61. The molecule has 1 fully saturated rings. The van der Waals surface area contributed by atoms with Crippen LogP contribution in [-0.2, 0) is 16.1 Å². The van der Waals surface area contributed by atoms with Crippen LogP contribution in [0.1, 0.15) is 31.5 Å². The number of nitrogens with one attached hydrogen (secondary N) is 1. The first-order valence-electron chi connectivity index (χ1n) is 6.73. The first-order chi connectivity index (χ1) is 10.2. The molecule has 110 valence electrons. The highest BCUT2D eigenvalue weighted by Crippen LogP contribution is 2.25. The van der Waals surface area contributed by atoms with E-state index in [1.807, 2.05) is 11.4 Å². The lowest BCUT2D eigenvalue weighted by Crippen LogP contribution is -2.35. The summed E-state index contributed by atoms with van der Waals surface area (Å²) in [5.41, 5.74) is 2.54. The van der Waals surface area contributed by atoms with Crippen molar-refractivity contribution in [2.75, 3.05) is 5.43 Å². The van der Waals surface area contributed by atoms with Gasteiger partial charge in [0.15, 0.2) is 11.6 Å². The van der Waals surface area contributed by atoms with Crippen LogP contribution in [-0.4, -0.2) is 26.7 Å². The van der Waals surface area contributed by atoms with Gasteiger partial charge in [0.2, 0.25) is 11.8 Å². The maximum Gasteiger partial charge on any atom is 0.229 e. The summed E-state index contributed by atoms with van der Waals surface area (Å²) in [7, 11) is 0. The lowest BCUT2D eigenvalue weighted by atomic mass is 10.2. The molecule has 3 rings (SSSR count). The molecule has 8 heteroatoms. The average Bonchev–Trinajstić information content (AvgIpc) is 2.90. The molecule has 3 N–H and O–H groups in total. The summed E-state index contributed by atoms with van der Waals surface area (Å²) in [6.45, 7) is 0.0974. The Kier molecular flexibility index (Phi) is 3.80. The van der Waals surface area contributed by atoms with Gasteiger partial charge in [0, 0.05) is 12.8 Å². The highest BCUT2D eigenvalue weighted by molar-refractivity contribution is 7.16. The van der Waals surface area contributed by atoms with Gasteiger partial charge in [-0.25, -0.2) is 15.8 Å². The number of hydrogen-bond donors (Lipinski definition) is 2. The molecule has 0 bridgehead atoms. The first kappa shape index (κ1) is 13.9. The van der Waals surface area contributed by atoms with E-state index in [0.29, 0.717) is 24.5 Å². The molecule has 7 nitrogen and oxygen atoms in total. The molecule has 0 aromatic carbocycles. The van der Waals surface area contributed by atoms with Crippen LogP contribution in [0.3, 0.4) is 0 Å². The summed E-state index contributed by atoms with van der Waals surface area (Å²) >= 11 is 1.46. The second-order valence-electron chi connectivity index (χ2n) is 4.85. The van der Waals surface area contributed by atoms with Gasteiger partial charge >= 0.3 is 0 Å². The van der Waals surface area contributed by atoms with E-state index in [9.17, 15) is 9.59 Å². The van der Waals surface area contributed by atoms with Gasteiger partial charge in [-0.15, -0.1) is 11.3 Å². The Morgan fingerprint density at radius 2 is 1.95 bits per heavy atom. The third-order valence-corrected chi connectivity index (χ3v) is 4.25. The molecule has 0 aliphatic carbocycles. The number of likely N-dealkylation sites (tertiary alicyclic amines) is 1. The Hall–Kier alpha value is -2.06. The monoisotopic (exact) mass is 305 g/mol. The van der Waals surface area contributed by atoms with Crippen LogP contribution >= 0.6 is 11.3 Å². The second kappa shape index (κ2) is 5.74. The number of nitrogens with zero attached hydrogens (tertiary/aromatic N) is 3. The number of nitrogens with two attached hydrogens (primary N) is 1. The minimum Gasteiger partial charge on any atom is -0.308 e. The van der Waals surface area contributed by atoms with Crippen LogP contribution in [0, 0.1) is 0 Å². The molecule has 2 amide bonds. The van der Waals surface area contributed by atoms with Crippen molar-refractivity contribution in [3.63, 3.8) is 0 Å². The van der Waals surface area contributed by atoms with Gasteiger partial charge in [0.1, 0.15) is 4.83 Å². The van der Waals surface area contributed by atoms with Gasteiger partial charge in [0.05, 0.1) is 11.9 Å². The SMILES string of the molecule is NNc1nc(CN2C(=O)CCCCC2=O)nc2sccc12. The van der Waals surface area contributed by atoms with E-state index in [-0.39, 0.29) is 18.4 Å². The highest BCUT2D eigenvalue weighted by atomic mass is 32.1. The fourth-order valence-electron chi connectivity index (χ4n) is 2.36. The van der Waals surface area contributed by atoms with Crippen LogP contribution < -0.4 is 11.3 Å². The quantitative estimate of drug-likeness (QED) is 0.505. The third-order valence-electron chi connectivity index (χ3n) is 3.44. The number of anilines is 1. The number of thiophene rings is 1. The van der Waals surface area contributed by atoms with Gasteiger partial charge in [-0.1, -0.05) is 0 Å². The number of imide groups is 1. The minimum atomic E-state index is -0.158. The molecule has 3 heterocycles. The minimum absolute atomic E-state index is 0.0974. The van der Waals surface area contributed by atoms with Crippen LogP contribution in [0.15, 0.2) is 11.4 Å². The van der Waals surface area contributed by atoms with E-state index < -0.39 is 0 Å². The van der Waals surface area contributed by atoms with Gasteiger partial charge in [-0.05, 0) is 24.3 Å². The van der Waals surface area contributed by atoms with Crippen LogP contribution in [0.4, 0.5) is 5.82 Å². The molecule has 21 heavy (non-hydrogen) atoms. The molecule has 2 aromatic heterocycles. The van der Waals surface area contributed by atoms with E-state index in [2.05, 4.69) is 15.4 Å². The summed E-state index contributed by atoms with van der Waals surface area (Å²) in [6, 6.07) is 1.88. The van der Waals surface area contributed by atoms with E-state index in [4.69, 9.17) is 5.84 Å². The summed E-state index contributed by atoms with van der Waals surface area (Å²) in [6.07, 6.45) is 2.30. The smallest absolute Gasteiger partial charge is 0.229 e. The Labute approximate surface area is 125 Å². The Bertz CT molecular complexity index is 681. The molecule has 0 radical (unpaired) electrons. The van der Waals surface area contributed by atoms with Crippen LogP contribution in [0.2, 0.25) is 0 Å². The van der Waals surface area contributed by atoms with E-state index in [1.165, 1.54) is 16.2 Å². The van der Waals surface area contributed by atoms with Gasteiger partial charge < -0.3 is 5.43 Å². The fraction of sp³-hybridized carbons (Fsp3) is 0.385. The number of carbonyl (C=O) groups is 2. The number of hydrogen-bond acceptors (Lipinski definition) is 7. The van der Waals surface area contributed by atoms with Crippen molar-refractivity contribution in [2.45, 2.75) is 32.2 Å². The Balaban J connectivity index is 1.93. The average molecular weight is 305 g/mol. The fourth-order valence-corrected chi connectivity index (χ4v) is 3.14. The van der Waals surface area contributed by atoms with Crippen molar-refractivity contribution >= 4 is 39.2 Å². The lowest BCUT2D eigenvalue weighted by molar-refractivity contribution is -0.144. The Morgan fingerprint density at radius 3 is 2.62 bits per heavy atom. The second-order valence-corrected chi connectivity index (χ2v) is 5.75. The largest absolute Gasteiger partial charge is 0.308 e. The molecule has 0 atom stereocenters. The predicted octanol–water partition coefficient (Wildman–Crippen LogP) is 1.41. The molecule has 1 aliphatic heterocycles. The predicted molar refractivity (Wildman–Crippen MR) is 79.3 cm³/mol. The molecule has 0 unspecified atom stereocenters. The number of amides is 2. The third kappa shape index (κ3) is 2.72. The van der Waals surface area contributed by atoms with Crippen molar-refractivity contribution in [3.8, 4) is 0 Å². The molecule has 0 saturated carbocycles. The summed E-state index contributed by atoms with van der Waals surface area (Å²) < 4.78 is 0.